The summed E-state index contributed by atoms with van der Waals surface area (Å²) in [5.41, 5.74) is 5.89. The molecule has 1 aliphatic heterocycles. The lowest BCUT2D eigenvalue weighted by Gasteiger charge is -2.27. The first-order valence-electron chi connectivity index (χ1n) is 8.98. The molecular weight excluding hydrogens is 396 g/mol. The second kappa shape index (κ2) is 8.56. The molecular formula is C19H22N4O5S. The number of nitrogens with one attached hydrogen (secondary N) is 1. The van der Waals surface area contributed by atoms with Gasteiger partial charge in [0.25, 0.3) is 11.5 Å². The Morgan fingerprint density at radius 2 is 2.14 bits per heavy atom. The number of rotatable bonds is 7. The van der Waals surface area contributed by atoms with Gasteiger partial charge in [0.15, 0.2) is 23.3 Å². The van der Waals surface area contributed by atoms with Gasteiger partial charge in [0.05, 0.1) is 12.7 Å². The third kappa shape index (κ3) is 4.21. The van der Waals surface area contributed by atoms with Gasteiger partial charge in [0, 0.05) is 19.4 Å². The van der Waals surface area contributed by atoms with Crippen molar-refractivity contribution in [2.45, 2.75) is 24.4 Å². The summed E-state index contributed by atoms with van der Waals surface area (Å²) in [6, 6.07) is 5.06. The Balaban J connectivity index is 2.07. The number of nitrogens with zero attached hydrogens (tertiary/aromatic N) is 2. The Morgan fingerprint density at radius 3 is 2.79 bits per heavy atom. The highest BCUT2D eigenvalue weighted by molar-refractivity contribution is 7.99. The molecule has 9 nitrogen and oxygen atoms in total. The van der Waals surface area contributed by atoms with E-state index in [0.717, 1.165) is 5.75 Å². The van der Waals surface area contributed by atoms with E-state index in [4.69, 9.17) is 15.2 Å². The summed E-state index contributed by atoms with van der Waals surface area (Å²) in [7, 11) is 3.24. The molecule has 3 rings (SSSR count). The molecule has 0 radical (unpaired) electrons. The smallest absolute Gasteiger partial charge is 0.279 e. The van der Waals surface area contributed by atoms with Crippen molar-refractivity contribution in [1.82, 2.24) is 9.55 Å². The third-order valence-corrected chi connectivity index (χ3v) is 5.45. The van der Waals surface area contributed by atoms with Crippen molar-refractivity contribution in [1.29, 1.82) is 0 Å². The molecule has 2 aromatic rings. The van der Waals surface area contributed by atoms with E-state index in [2.05, 4.69) is 10.3 Å². The number of anilines is 1. The largest absolute Gasteiger partial charge is 0.493 e. The highest BCUT2D eigenvalue weighted by Gasteiger charge is 2.32. The van der Waals surface area contributed by atoms with E-state index in [1.54, 1.807) is 29.8 Å². The number of nitrogens with two attached hydrogens (primary N) is 1. The highest BCUT2D eigenvalue weighted by Crippen LogP contribution is 2.39. The van der Waals surface area contributed by atoms with Crippen LogP contribution in [0.1, 0.15) is 30.4 Å². The number of ether oxygens (including phenoxy) is 2. The van der Waals surface area contributed by atoms with Gasteiger partial charge in [-0.2, -0.15) is 4.98 Å². The first kappa shape index (κ1) is 20.7. The molecule has 3 N–H and O–H groups in total. The summed E-state index contributed by atoms with van der Waals surface area (Å²) >= 11 is 1.43. The summed E-state index contributed by atoms with van der Waals surface area (Å²) in [5, 5.41) is 3.35. The number of carbonyl (C=O) groups excluding carboxylic acids is 2. The SMILES string of the molecule is CCSc1nc(=O)c2c(n1C)NC(=O)C[C@@H]2c1ccc(OCC(N)=O)c(OC)c1. The Hall–Kier alpha value is -3.01. The van der Waals surface area contributed by atoms with Gasteiger partial charge >= 0.3 is 0 Å². The zero-order valence-corrected chi connectivity index (χ0v) is 17.2. The second-order valence-corrected chi connectivity index (χ2v) is 7.66. The van der Waals surface area contributed by atoms with Gasteiger partial charge < -0.3 is 25.1 Å². The predicted molar refractivity (Wildman–Crippen MR) is 109 cm³/mol. The van der Waals surface area contributed by atoms with E-state index >= 15 is 0 Å². The average Bonchev–Trinajstić information content (AvgIpc) is 2.69. The van der Waals surface area contributed by atoms with Crippen molar-refractivity contribution in [2.75, 3.05) is 24.8 Å². The van der Waals surface area contributed by atoms with E-state index in [0.29, 0.717) is 33.6 Å². The molecule has 1 aliphatic rings. The number of fused-ring (bicyclic) bond motifs is 1. The summed E-state index contributed by atoms with van der Waals surface area (Å²) < 4.78 is 12.4. The molecule has 0 fully saturated rings. The number of aromatic nitrogens is 2. The van der Waals surface area contributed by atoms with E-state index in [1.807, 2.05) is 6.92 Å². The molecule has 0 unspecified atom stereocenters. The minimum absolute atomic E-state index is 0.106. The molecule has 29 heavy (non-hydrogen) atoms. The molecule has 1 aromatic carbocycles. The maximum absolute atomic E-state index is 12.8. The number of hydrogen-bond acceptors (Lipinski definition) is 7. The molecule has 0 saturated carbocycles. The van der Waals surface area contributed by atoms with Gasteiger partial charge in [-0.1, -0.05) is 24.8 Å². The first-order valence-corrected chi connectivity index (χ1v) is 9.96. The number of methoxy groups -OCH3 is 1. The molecule has 2 heterocycles. The maximum Gasteiger partial charge on any atom is 0.279 e. The number of carbonyl (C=O) groups is 2. The third-order valence-electron chi connectivity index (χ3n) is 4.53. The maximum atomic E-state index is 12.8. The second-order valence-electron chi connectivity index (χ2n) is 6.42. The summed E-state index contributed by atoms with van der Waals surface area (Å²) in [6.07, 6.45) is 0.106. The highest BCUT2D eigenvalue weighted by atomic mass is 32.2. The fourth-order valence-electron chi connectivity index (χ4n) is 3.25. The van der Waals surface area contributed by atoms with Crippen LogP contribution in [0.25, 0.3) is 0 Å². The number of thioether (sulfide) groups is 1. The van der Waals surface area contributed by atoms with Crippen molar-refractivity contribution in [2.24, 2.45) is 12.8 Å². The average molecular weight is 418 g/mol. The van der Waals surface area contributed by atoms with Crippen molar-refractivity contribution in [3.05, 3.63) is 39.7 Å². The Morgan fingerprint density at radius 1 is 1.38 bits per heavy atom. The Labute approximate surface area is 171 Å². The molecule has 0 spiro atoms. The molecule has 1 aromatic heterocycles. The van der Waals surface area contributed by atoms with Crippen LogP contribution in [0.5, 0.6) is 11.5 Å². The zero-order chi connectivity index (χ0) is 21.1. The van der Waals surface area contributed by atoms with Gasteiger partial charge in [-0.05, 0) is 23.4 Å². The van der Waals surface area contributed by atoms with Crippen molar-refractivity contribution in [3.8, 4) is 11.5 Å². The number of benzene rings is 1. The number of primary amides is 1. The molecule has 0 bridgehead atoms. The van der Waals surface area contributed by atoms with E-state index < -0.39 is 11.8 Å². The molecule has 0 aliphatic carbocycles. The van der Waals surface area contributed by atoms with Crippen LogP contribution in [0.2, 0.25) is 0 Å². The van der Waals surface area contributed by atoms with Crippen molar-refractivity contribution >= 4 is 29.4 Å². The van der Waals surface area contributed by atoms with Crippen LogP contribution in [-0.4, -0.2) is 40.8 Å². The van der Waals surface area contributed by atoms with Crippen LogP contribution in [0.15, 0.2) is 28.2 Å². The van der Waals surface area contributed by atoms with Gasteiger partial charge in [-0.3, -0.25) is 14.4 Å². The molecule has 10 heteroatoms. The zero-order valence-electron chi connectivity index (χ0n) is 16.4. The standard InChI is InChI=1S/C19H22N4O5S/c1-4-29-19-22-18(26)16-11(8-15(25)21-17(16)23(19)2)10-5-6-12(13(7-10)27-3)28-9-14(20)24/h5-7,11H,4,8-9H2,1-3H3,(H2,20,24)(H,21,25)/t11-/m1/s1. The van der Waals surface area contributed by atoms with Crippen LogP contribution in [0.4, 0.5) is 5.82 Å². The van der Waals surface area contributed by atoms with E-state index in [-0.39, 0.29) is 24.5 Å². The summed E-state index contributed by atoms with van der Waals surface area (Å²) in [4.78, 5) is 40.4. The van der Waals surface area contributed by atoms with Gasteiger partial charge in [-0.25, -0.2) is 0 Å². The quantitative estimate of drug-likeness (QED) is 0.512. The van der Waals surface area contributed by atoms with E-state index in [1.165, 1.54) is 18.9 Å². The minimum Gasteiger partial charge on any atom is -0.493 e. The number of hydrogen-bond donors (Lipinski definition) is 2. The first-order chi connectivity index (χ1) is 13.8. The summed E-state index contributed by atoms with van der Waals surface area (Å²) in [5.74, 6) is 0.643. The van der Waals surface area contributed by atoms with Gasteiger partial charge in [-0.15, -0.1) is 0 Å². The van der Waals surface area contributed by atoms with Crippen LogP contribution < -0.4 is 26.1 Å². The van der Waals surface area contributed by atoms with Crippen molar-refractivity contribution in [3.63, 3.8) is 0 Å². The van der Waals surface area contributed by atoms with Crippen LogP contribution in [0, 0.1) is 0 Å². The normalized spacial score (nSPS) is 15.4. The van der Waals surface area contributed by atoms with Crippen molar-refractivity contribution < 1.29 is 19.1 Å². The minimum atomic E-state index is -0.607. The molecule has 0 saturated heterocycles. The lowest BCUT2D eigenvalue weighted by atomic mass is 9.86. The van der Waals surface area contributed by atoms with Crippen LogP contribution in [-0.2, 0) is 16.6 Å². The summed E-state index contributed by atoms with van der Waals surface area (Å²) in [6.45, 7) is 1.68. The lowest BCUT2D eigenvalue weighted by Crippen LogP contribution is -2.33. The number of amides is 2. The fourth-order valence-corrected chi connectivity index (χ4v) is 3.94. The molecule has 2 amide bonds. The van der Waals surface area contributed by atoms with Crippen LogP contribution in [0.3, 0.4) is 0 Å². The predicted octanol–water partition coefficient (Wildman–Crippen LogP) is 1.24. The monoisotopic (exact) mass is 418 g/mol. The lowest BCUT2D eigenvalue weighted by molar-refractivity contribution is -0.120. The van der Waals surface area contributed by atoms with Crippen LogP contribution >= 0.6 is 11.8 Å². The Kier molecular flexibility index (Phi) is 6.12. The molecule has 154 valence electrons. The topological polar surface area (TPSA) is 126 Å². The van der Waals surface area contributed by atoms with Gasteiger partial charge in [0.1, 0.15) is 5.82 Å². The van der Waals surface area contributed by atoms with Gasteiger partial charge in [0.2, 0.25) is 5.91 Å². The Bertz CT molecular complexity index is 1020. The molecule has 1 atom stereocenters. The fraction of sp³-hybridized carbons (Fsp3) is 0.368. The van der Waals surface area contributed by atoms with E-state index in [9.17, 15) is 14.4 Å².